The van der Waals surface area contributed by atoms with Gasteiger partial charge in [0.2, 0.25) is 11.8 Å². The molecule has 1 atom stereocenters. The third kappa shape index (κ3) is 9.02. The summed E-state index contributed by atoms with van der Waals surface area (Å²) in [4.78, 5) is 30.4. The number of ether oxygens (including phenoxy) is 1. The monoisotopic (exact) mass is 717 g/mol. The van der Waals surface area contributed by atoms with Gasteiger partial charge >= 0.3 is 0 Å². The number of halogens is 1. The summed E-state index contributed by atoms with van der Waals surface area (Å²) < 4.78 is 35.7. The van der Waals surface area contributed by atoms with Gasteiger partial charge in [-0.05, 0) is 60.4 Å². The lowest BCUT2D eigenvalue weighted by atomic mass is 9.94. The highest BCUT2D eigenvalue weighted by molar-refractivity contribution is 9.10. The van der Waals surface area contributed by atoms with Gasteiger partial charge in [-0.25, -0.2) is 8.42 Å². The van der Waals surface area contributed by atoms with Gasteiger partial charge in [0, 0.05) is 29.5 Å². The van der Waals surface area contributed by atoms with Crippen LogP contribution in [0.2, 0.25) is 0 Å². The Bertz CT molecular complexity index is 1730. The lowest BCUT2D eigenvalue weighted by Gasteiger charge is -2.35. The number of benzene rings is 4. The first-order valence-corrected chi connectivity index (χ1v) is 18.1. The minimum Gasteiger partial charge on any atom is -0.497 e. The van der Waals surface area contributed by atoms with E-state index in [4.69, 9.17) is 4.74 Å². The van der Waals surface area contributed by atoms with E-state index in [0.29, 0.717) is 5.75 Å². The molecule has 0 unspecified atom stereocenters. The smallest absolute Gasteiger partial charge is 0.264 e. The quantitative estimate of drug-likeness (QED) is 0.165. The molecule has 1 aliphatic rings. The summed E-state index contributed by atoms with van der Waals surface area (Å²) >= 11 is 3.48. The number of carbonyl (C=O) groups is 2. The molecule has 10 heteroatoms. The largest absolute Gasteiger partial charge is 0.497 e. The van der Waals surface area contributed by atoms with Gasteiger partial charge in [-0.3, -0.25) is 13.9 Å². The SMILES string of the molecule is COc1cccc(N(CC(=O)N(Cc2ccc(Br)cc2)[C@H](Cc2ccccc2)C(=O)NC2CCCCC2)S(=O)(=O)c2ccccc2)c1. The van der Waals surface area contributed by atoms with Gasteiger partial charge < -0.3 is 15.0 Å². The Kier molecular flexibility index (Phi) is 11.7. The van der Waals surface area contributed by atoms with Crippen molar-refractivity contribution < 1.29 is 22.7 Å². The molecule has 0 heterocycles. The van der Waals surface area contributed by atoms with Gasteiger partial charge in [0.15, 0.2) is 0 Å². The van der Waals surface area contributed by atoms with Crippen molar-refractivity contribution in [1.29, 1.82) is 0 Å². The van der Waals surface area contributed by atoms with Crippen molar-refractivity contribution in [3.63, 3.8) is 0 Å². The molecular formula is C37H40BrN3O5S. The maximum absolute atomic E-state index is 14.7. The summed E-state index contributed by atoms with van der Waals surface area (Å²) in [7, 11) is -2.69. The maximum Gasteiger partial charge on any atom is 0.264 e. The number of hydrogen-bond acceptors (Lipinski definition) is 5. The van der Waals surface area contributed by atoms with E-state index in [1.165, 1.54) is 24.1 Å². The van der Waals surface area contributed by atoms with Gasteiger partial charge in [-0.15, -0.1) is 0 Å². The van der Waals surface area contributed by atoms with E-state index in [-0.39, 0.29) is 35.5 Å². The van der Waals surface area contributed by atoms with Gasteiger partial charge in [-0.1, -0.05) is 102 Å². The molecule has 1 saturated carbocycles. The zero-order valence-corrected chi connectivity index (χ0v) is 28.8. The van der Waals surface area contributed by atoms with E-state index in [9.17, 15) is 18.0 Å². The molecule has 5 rings (SSSR count). The lowest BCUT2D eigenvalue weighted by Crippen LogP contribution is -2.55. The molecule has 2 amide bonds. The molecule has 4 aromatic rings. The molecule has 1 N–H and O–H groups in total. The van der Waals surface area contributed by atoms with Crippen LogP contribution >= 0.6 is 15.9 Å². The zero-order valence-electron chi connectivity index (χ0n) is 26.4. The number of anilines is 1. The number of carbonyl (C=O) groups excluding carboxylic acids is 2. The highest BCUT2D eigenvalue weighted by Crippen LogP contribution is 2.28. The predicted octanol–water partition coefficient (Wildman–Crippen LogP) is 6.74. The molecule has 0 spiro atoms. The third-order valence-electron chi connectivity index (χ3n) is 8.44. The molecule has 0 bridgehead atoms. The van der Waals surface area contributed by atoms with E-state index in [2.05, 4.69) is 21.2 Å². The van der Waals surface area contributed by atoms with Crippen LogP contribution in [0.4, 0.5) is 5.69 Å². The van der Waals surface area contributed by atoms with Gasteiger partial charge in [0.1, 0.15) is 18.3 Å². The Morgan fingerprint density at radius 3 is 2.17 bits per heavy atom. The summed E-state index contributed by atoms with van der Waals surface area (Å²) in [5.74, 6) is -0.302. The summed E-state index contributed by atoms with van der Waals surface area (Å²) in [5.41, 5.74) is 1.98. The van der Waals surface area contributed by atoms with Crippen LogP contribution in [0.25, 0.3) is 0 Å². The summed E-state index contributed by atoms with van der Waals surface area (Å²) in [6.07, 6.45) is 5.29. The van der Waals surface area contributed by atoms with Crippen molar-refractivity contribution in [3.8, 4) is 5.75 Å². The fourth-order valence-electron chi connectivity index (χ4n) is 5.90. The Morgan fingerprint density at radius 2 is 1.51 bits per heavy atom. The Hall–Kier alpha value is -4.15. The fourth-order valence-corrected chi connectivity index (χ4v) is 7.59. The Morgan fingerprint density at radius 1 is 0.851 bits per heavy atom. The van der Waals surface area contributed by atoms with Crippen LogP contribution < -0.4 is 14.4 Å². The molecule has 1 aliphatic carbocycles. The van der Waals surface area contributed by atoms with Crippen molar-refractivity contribution in [1.82, 2.24) is 10.2 Å². The third-order valence-corrected chi connectivity index (χ3v) is 10.8. The number of rotatable bonds is 13. The van der Waals surface area contributed by atoms with Crippen LogP contribution in [-0.4, -0.2) is 50.9 Å². The number of hydrogen-bond donors (Lipinski definition) is 1. The van der Waals surface area contributed by atoms with E-state index in [0.717, 1.165) is 52.0 Å². The maximum atomic E-state index is 14.7. The molecule has 8 nitrogen and oxygen atoms in total. The second-order valence-corrected chi connectivity index (χ2v) is 14.5. The van der Waals surface area contributed by atoms with Crippen molar-refractivity contribution in [2.24, 2.45) is 0 Å². The number of methoxy groups -OCH3 is 1. The zero-order chi connectivity index (χ0) is 33.2. The first-order chi connectivity index (χ1) is 22.7. The Labute approximate surface area is 285 Å². The first kappa shape index (κ1) is 34.2. The van der Waals surface area contributed by atoms with Crippen molar-refractivity contribution >= 4 is 43.5 Å². The molecule has 0 aromatic heterocycles. The van der Waals surface area contributed by atoms with Crippen molar-refractivity contribution in [2.45, 2.75) is 62.0 Å². The van der Waals surface area contributed by atoms with Crippen molar-refractivity contribution in [2.75, 3.05) is 18.0 Å². The first-order valence-electron chi connectivity index (χ1n) is 15.8. The normalized spacial score (nSPS) is 14.2. The highest BCUT2D eigenvalue weighted by atomic mass is 79.9. The van der Waals surface area contributed by atoms with E-state index in [1.54, 1.807) is 42.5 Å². The topological polar surface area (TPSA) is 96.0 Å². The molecular weight excluding hydrogens is 678 g/mol. The molecule has 4 aromatic carbocycles. The molecule has 47 heavy (non-hydrogen) atoms. The number of amides is 2. The number of nitrogens with one attached hydrogen (secondary N) is 1. The van der Waals surface area contributed by atoms with E-state index in [1.807, 2.05) is 54.6 Å². The molecule has 1 fully saturated rings. The molecule has 246 valence electrons. The van der Waals surface area contributed by atoms with Gasteiger partial charge in [-0.2, -0.15) is 0 Å². The van der Waals surface area contributed by atoms with Crippen LogP contribution in [-0.2, 0) is 32.6 Å². The molecule has 0 radical (unpaired) electrons. The number of sulfonamides is 1. The average molecular weight is 719 g/mol. The lowest BCUT2D eigenvalue weighted by molar-refractivity contribution is -0.140. The van der Waals surface area contributed by atoms with E-state index >= 15 is 0 Å². The van der Waals surface area contributed by atoms with Crippen molar-refractivity contribution in [3.05, 3.63) is 125 Å². The highest BCUT2D eigenvalue weighted by Gasteiger charge is 2.35. The van der Waals surface area contributed by atoms with Crippen LogP contribution in [0.5, 0.6) is 5.75 Å². The average Bonchev–Trinajstić information content (AvgIpc) is 3.10. The minimum atomic E-state index is -4.19. The van der Waals surface area contributed by atoms with E-state index < -0.39 is 28.5 Å². The van der Waals surface area contributed by atoms with Crippen LogP contribution in [0.15, 0.2) is 119 Å². The summed E-state index contributed by atoms with van der Waals surface area (Å²) in [6, 6.07) is 30.9. The second-order valence-electron chi connectivity index (χ2n) is 11.7. The van der Waals surface area contributed by atoms with Gasteiger partial charge in [0.25, 0.3) is 10.0 Å². The molecule has 0 aliphatic heterocycles. The van der Waals surface area contributed by atoms with Gasteiger partial charge in [0.05, 0.1) is 17.7 Å². The standard InChI is InChI=1S/C37H40BrN3O5S/c1-46-33-17-11-16-32(25-33)41(47(44,45)34-18-9-4-10-19-34)27-36(42)40(26-29-20-22-30(38)23-21-29)35(24-28-12-5-2-6-13-28)37(43)39-31-14-7-3-8-15-31/h2,4-6,9-13,16-23,25,31,35H,3,7-8,14-15,24,26-27H2,1H3,(H,39,43)/t35-/m1/s1. The second kappa shape index (κ2) is 16.1. The van der Waals surface area contributed by atoms with Crippen LogP contribution in [0.3, 0.4) is 0 Å². The number of nitrogens with zero attached hydrogens (tertiary/aromatic N) is 2. The summed E-state index contributed by atoms with van der Waals surface area (Å²) in [5, 5.41) is 3.24. The van der Waals surface area contributed by atoms with Crippen LogP contribution in [0.1, 0.15) is 43.2 Å². The minimum absolute atomic E-state index is 0.0332. The molecule has 0 saturated heterocycles. The fraction of sp³-hybridized carbons (Fsp3) is 0.297. The predicted molar refractivity (Wildman–Crippen MR) is 188 cm³/mol. The summed E-state index contributed by atoms with van der Waals surface area (Å²) in [6.45, 7) is -0.415. The Balaban J connectivity index is 1.56. The van der Waals surface area contributed by atoms with Crippen LogP contribution in [0, 0.1) is 0 Å².